The van der Waals surface area contributed by atoms with Crippen molar-refractivity contribution in [2.45, 2.75) is 24.9 Å². The third-order valence-electron chi connectivity index (χ3n) is 5.43. The summed E-state index contributed by atoms with van der Waals surface area (Å²) >= 11 is 0. The van der Waals surface area contributed by atoms with E-state index in [1.165, 1.54) is 26.2 Å². The van der Waals surface area contributed by atoms with Crippen molar-refractivity contribution in [1.29, 1.82) is 0 Å². The van der Waals surface area contributed by atoms with Crippen LogP contribution in [0.2, 0.25) is 0 Å². The molecule has 0 spiro atoms. The lowest BCUT2D eigenvalue weighted by Crippen LogP contribution is -2.64. The Labute approximate surface area is 144 Å². The molecule has 2 bridgehead atoms. The minimum atomic E-state index is -0.244. The molecule has 4 heterocycles. The van der Waals surface area contributed by atoms with Gasteiger partial charge in [-0.05, 0) is 12.8 Å². The Morgan fingerprint density at radius 2 is 1.88 bits per heavy atom. The highest BCUT2D eigenvalue weighted by molar-refractivity contribution is 5.80. The number of nitrogens with one attached hydrogen (secondary N) is 2. The molecule has 136 valence electrons. The number of amides is 1. The van der Waals surface area contributed by atoms with E-state index in [1.54, 1.807) is 0 Å². The van der Waals surface area contributed by atoms with Crippen molar-refractivity contribution in [3.8, 4) is 0 Å². The van der Waals surface area contributed by atoms with E-state index in [9.17, 15) is 4.79 Å². The lowest BCUT2D eigenvalue weighted by Gasteiger charge is -2.47. The average Bonchev–Trinajstić information content (AvgIpc) is 2.60. The number of nitrogens with zero attached hydrogens (tertiary/aromatic N) is 4. The summed E-state index contributed by atoms with van der Waals surface area (Å²) in [5.41, 5.74) is 5.26. The summed E-state index contributed by atoms with van der Waals surface area (Å²) in [7, 11) is 1.83. The van der Waals surface area contributed by atoms with Gasteiger partial charge in [0.15, 0.2) is 5.96 Å². The van der Waals surface area contributed by atoms with Crippen molar-refractivity contribution in [3.63, 3.8) is 0 Å². The van der Waals surface area contributed by atoms with Crippen LogP contribution in [-0.2, 0) is 4.79 Å². The van der Waals surface area contributed by atoms with Crippen molar-refractivity contribution in [1.82, 2.24) is 25.3 Å². The molecule has 1 unspecified atom stereocenters. The highest BCUT2D eigenvalue weighted by Crippen LogP contribution is 2.15. The van der Waals surface area contributed by atoms with Crippen molar-refractivity contribution >= 4 is 11.9 Å². The number of primary amides is 1. The monoisotopic (exact) mass is 337 g/mol. The number of rotatable bonds is 5. The molecule has 1 amide bonds. The fourth-order valence-corrected chi connectivity index (χ4v) is 3.98. The number of piperazine rings is 3. The van der Waals surface area contributed by atoms with Crippen molar-refractivity contribution in [3.05, 3.63) is 0 Å². The van der Waals surface area contributed by atoms with Crippen LogP contribution in [0.1, 0.15) is 12.8 Å². The molecule has 24 heavy (non-hydrogen) atoms. The molecule has 0 aliphatic carbocycles. The van der Waals surface area contributed by atoms with Gasteiger partial charge in [-0.2, -0.15) is 0 Å². The molecule has 4 fully saturated rings. The molecule has 4 saturated heterocycles. The molecular weight excluding hydrogens is 306 g/mol. The molecule has 0 aromatic heterocycles. The van der Waals surface area contributed by atoms with E-state index in [2.05, 4.69) is 30.3 Å². The van der Waals surface area contributed by atoms with Crippen LogP contribution in [0, 0.1) is 0 Å². The maximum atomic E-state index is 11.0. The maximum absolute atomic E-state index is 11.0. The summed E-state index contributed by atoms with van der Waals surface area (Å²) in [5, 5.41) is 7.02. The van der Waals surface area contributed by atoms with E-state index < -0.39 is 0 Å². The van der Waals surface area contributed by atoms with Crippen LogP contribution >= 0.6 is 0 Å². The van der Waals surface area contributed by atoms with Gasteiger partial charge in [0.25, 0.3) is 0 Å². The number of piperidine rings is 1. The second kappa shape index (κ2) is 8.13. The molecule has 4 aliphatic heterocycles. The first kappa shape index (κ1) is 17.4. The van der Waals surface area contributed by atoms with E-state index in [1.807, 2.05) is 7.05 Å². The Bertz CT molecular complexity index is 453. The van der Waals surface area contributed by atoms with Crippen molar-refractivity contribution in [2.75, 3.05) is 66.0 Å². The molecule has 8 nitrogen and oxygen atoms in total. The van der Waals surface area contributed by atoms with Crippen molar-refractivity contribution < 1.29 is 4.79 Å². The Kier molecular flexibility index (Phi) is 5.91. The second-order valence-corrected chi connectivity index (χ2v) is 7.10. The molecule has 8 heteroatoms. The van der Waals surface area contributed by atoms with Crippen molar-refractivity contribution in [2.24, 2.45) is 10.7 Å². The SMILES string of the molecule is CN=C(NCC1CN2CCN1CC2)NC1CCN(CC(N)=O)CC1. The van der Waals surface area contributed by atoms with Gasteiger partial charge in [0.2, 0.25) is 5.91 Å². The van der Waals surface area contributed by atoms with Crippen LogP contribution < -0.4 is 16.4 Å². The molecule has 0 saturated carbocycles. The number of hydrogen-bond acceptors (Lipinski definition) is 5. The highest BCUT2D eigenvalue weighted by Gasteiger charge is 2.31. The fraction of sp³-hybridized carbons (Fsp3) is 0.875. The zero-order chi connectivity index (χ0) is 16.9. The van der Waals surface area contributed by atoms with Gasteiger partial charge in [-0.1, -0.05) is 0 Å². The summed E-state index contributed by atoms with van der Waals surface area (Å²) in [6.07, 6.45) is 2.02. The van der Waals surface area contributed by atoms with Gasteiger partial charge in [0, 0.05) is 71.5 Å². The smallest absolute Gasteiger partial charge is 0.231 e. The molecule has 4 aliphatic rings. The minimum absolute atomic E-state index is 0.244. The summed E-state index contributed by atoms with van der Waals surface area (Å²) in [6.45, 7) is 9.10. The maximum Gasteiger partial charge on any atom is 0.231 e. The predicted octanol–water partition coefficient (Wildman–Crippen LogP) is -1.90. The van der Waals surface area contributed by atoms with Crippen LogP contribution in [0.25, 0.3) is 0 Å². The molecule has 0 aromatic carbocycles. The first-order valence-electron chi connectivity index (χ1n) is 9.08. The molecule has 4 rings (SSSR count). The number of fused-ring (bicyclic) bond motifs is 3. The number of hydrogen-bond donors (Lipinski definition) is 3. The lowest BCUT2D eigenvalue weighted by atomic mass is 10.1. The standard InChI is InChI=1S/C16H31N7O/c1-18-16(19-10-14-11-22-6-8-23(14)9-7-22)20-13-2-4-21(5-3-13)12-15(17)24/h13-14H,2-12H2,1H3,(H2,17,24)(H2,18,19,20). The molecular formula is C16H31N7O. The third-order valence-corrected chi connectivity index (χ3v) is 5.43. The Morgan fingerprint density at radius 3 is 2.42 bits per heavy atom. The van der Waals surface area contributed by atoms with E-state index in [0.717, 1.165) is 45.0 Å². The zero-order valence-electron chi connectivity index (χ0n) is 14.7. The largest absolute Gasteiger partial charge is 0.369 e. The van der Waals surface area contributed by atoms with E-state index in [-0.39, 0.29) is 5.91 Å². The van der Waals surface area contributed by atoms with Gasteiger partial charge in [-0.25, -0.2) is 0 Å². The van der Waals surface area contributed by atoms with Gasteiger partial charge in [0.05, 0.1) is 6.54 Å². The minimum Gasteiger partial charge on any atom is -0.369 e. The first-order chi connectivity index (χ1) is 11.6. The van der Waals surface area contributed by atoms with E-state index >= 15 is 0 Å². The predicted molar refractivity (Wildman–Crippen MR) is 95.0 cm³/mol. The Balaban J connectivity index is 1.39. The van der Waals surface area contributed by atoms with Gasteiger partial charge < -0.3 is 16.4 Å². The van der Waals surface area contributed by atoms with Crippen LogP contribution in [0.5, 0.6) is 0 Å². The van der Waals surface area contributed by atoms with Crippen LogP contribution in [0.4, 0.5) is 0 Å². The number of likely N-dealkylation sites (tertiary alicyclic amines) is 1. The third kappa shape index (κ3) is 4.58. The summed E-state index contributed by atoms with van der Waals surface area (Å²) in [4.78, 5) is 22.6. The zero-order valence-corrected chi connectivity index (χ0v) is 14.7. The second-order valence-electron chi connectivity index (χ2n) is 7.10. The topological polar surface area (TPSA) is 89.2 Å². The quantitative estimate of drug-likeness (QED) is 0.401. The van der Waals surface area contributed by atoms with Crippen LogP contribution in [0.15, 0.2) is 4.99 Å². The number of nitrogens with two attached hydrogens (primary N) is 1. The number of carbonyl (C=O) groups excluding carboxylic acids is 1. The Hall–Kier alpha value is -1.38. The van der Waals surface area contributed by atoms with E-state index in [4.69, 9.17) is 5.73 Å². The first-order valence-corrected chi connectivity index (χ1v) is 9.08. The number of aliphatic imine (C=N–C) groups is 1. The van der Waals surface area contributed by atoms with E-state index in [0.29, 0.717) is 18.6 Å². The van der Waals surface area contributed by atoms with Gasteiger partial charge in [-0.15, -0.1) is 0 Å². The molecule has 0 aromatic rings. The molecule has 1 atom stereocenters. The van der Waals surface area contributed by atoms with Gasteiger partial charge >= 0.3 is 0 Å². The normalized spacial score (nSPS) is 31.9. The Morgan fingerprint density at radius 1 is 1.17 bits per heavy atom. The van der Waals surface area contributed by atoms with Gasteiger partial charge in [-0.3, -0.25) is 24.5 Å². The summed E-state index contributed by atoms with van der Waals surface area (Å²) < 4.78 is 0. The van der Waals surface area contributed by atoms with Gasteiger partial charge in [0.1, 0.15) is 0 Å². The molecule has 0 radical (unpaired) electrons. The highest BCUT2D eigenvalue weighted by atomic mass is 16.1. The lowest BCUT2D eigenvalue weighted by molar-refractivity contribution is -0.119. The fourth-order valence-electron chi connectivity index (χ4n) is 3.98. The number of guanidine groups is 1. The number of carbonyl (C=O) groups is 1. The average molecular weight is 337 g/mol. The molecule has 4 N–H and O–H groups in total. The van der Waals surface area contributed by atoms with Crippen LogP contribution in [0.3, 0.4) is 0 Å². The summed E-state index contributed by atoms with van der Waals surface area (Å²) in [5.74, 6) is 0.646. The van der Waals surface area contributed by atoms with Crippen LogP contribution in [-0.4, -0.2) is 105 Å². The summed E-state index contributed by atoms with van der Waals surface area (Å²) in [6, 6.07) is 0.996.